The van der Waals surface area contributed by atoms with E-state index in [0.717, 1.165) is 24.4 Å². The Kier molecular flexibility index (Phi) is 5.19. The quantitative estimate of drug-likeness (QED) is 0.815. The average molecular weight is 355 g/mol. The number of hydrogen-bond acceptors (Lipinski definition) is 4. The van der Waals surface area contributed by atoms with Crippen molar-refractivity contribution in [3.8, 4) is 5.75 Å². The largest absolute Gasteiger partial charge is 0.491 e. The molecule has 1 aromatic rings. The smallest absolute Gasteiger partial charge is 0.272 e. The van der Waals surface area contributed by atoms with Crippen LogP contribution >= 0.6 is 0 Å². The van der Waals surface area contributed by atoms with E-state index in [0.29, 0.717) is 25.4 Å². The van der Waals surface area contributed by atoms with Gasteiger partial charge in [0, 0.05) is 20.1 Å². The molecule has 0 unspecified atom stereocenters. The van der Waals surface area contributed by atoms with Gasteiger partial charge in [0.05, 0.1) is 13.1 Å². The van der Waals surface area contributed by atoms with E-state index in [2.05, 4.69) is 43.8 Å². The first-order valence-corrected chi connectivity index (χ1v) is 9.19. The fraction of sp³-hybridized carbons (Fsp3) is 0.524. The van der Waals surface area contributed by atoms with Gasteiger partial charge >= 0.3 is 0 Å². The lowest BCUT2D eigenvalue weighted by Gasteiger charge is -2.24. The van der Waals surface area contributed by atoms with Crippen LogP contribution in [0.1, 0.15) is 26.3 Å². The molecule has 0 atom stereocenters. The molecule has 2 heterocycles. The SMILES string of the molecule is CN1CC2=C(C1)C(C(=O)N(C)CCOc1ccccc1C(C)(C)C)=NC2. The molecule has 3 rings (SSSR count). The lowest BCUT2D eigenvalue weighted by molar-refractivity contribution is -0.123. The van der Waals surface area contributed by atoms with Crippen molar-refractivity contribution in [3.63, 3.8) is 0 Å². The number of likely N-dealkylation sites (N-methyl/N-ethyl adjacent to an activating group) is 2. The second-order valence-electron chi connectivity index (χ2n) is 8.24. The van der Waals surface area contributed by atoms with Crippen LogP contribution in [0, 0.1) is 0 Å². The van der Waals surface area contributed by atoms with E-state index < -0.39 is 0 Å². The Balaban J connectivity index is 1.57. The number of ether oxygens (including phenoxy) is 1. The Labute approximate surface area is 156 Å². The molecule has 0 bridgehead atoms. The van der Waals surface area contributed by atoms with Crippen LogP contribution in [0.4, 0.5) is 0 Å². The highest BCUT2D eigenvalue weighted by Crippen LogP contribution is 2.31. The molecular weight excluding hydrogens is 326 g/mol. The van der Waals surface area contributed by atoms with E-state index in [9.17, 15) is 4.79 Å². The Bertz CT molecular complexity index is 759. The average Bonchev–Trinajstić information content (AvgIpc) is 3.12. The Morgan fingerprint density at radius 2 is 2.00 bits per heavy atom. The molecule has 2 aliphatic heterocycles. The van der Waals surface area contributed by atoms with Gasteiger partial charge in [0.15, 0.2) is 0 Å². The normalized spacial score (nSPS) is 17.3. The summed E-state index contributed by atoms with van der Waals surface area (Å²) in [6.07, 6.45) is 0. The first kappa shape index (κ1) is 18.6. The molecule has 1 aromatic carbocycles. The number of para-hydroxylation sites is 1. The topological polar surface area (TPSA) is 45.1 Å². The Hall–Kier alpha value is -2.14. The van der Waals surface area contributed by atoms with Crippen molar-refractivity contribution in [2.75, 3.05) is 46.9 Å². The van der Waals surface area contributed by atoms with E-state index in [1.165, 1.54) is 11.1 Å². The number of aliphatic imine (C=N–C) groups is 1. The standard InChI is InChI=1S/C21H29N3O2/c1-21(2,3)17-8-6-7-9-18(17)26-11-10-24(5)20(25)19-16-14-23(4)13-15(16)12-22-19/h6-9H,10-14H2,1-5H3. The zero-order chi connectivity index (χ0) is 18.9. The van der Waals surface area contributed by atoms with Gasteiger partial charge in [-0.2, -0.15) is 0 Å². The highest BCUT2D eigenvalue weighted by Gasteiger charge is 2.32. The maximum absolute atomic E-state index is 12.8. The third kappa shape index (κ3) is 3.83. The van der Waals surface area contributed by atoms with E-state index in [4.69, 9.17) is 4.74 Å². The monoisotopic (exact) mass is 355 g/mol. The molecule has 5 nitrogen and oxygen atoms in total. The molecule has 1 amide bonds. The number of hydrogen-bond donors (Lipinski definition) is 0. The highest BCUT2D eigenvalue weighted by atomic mass is 16.5. The number of nitrogens with zero attached hydrogens (tertiary/aromatic N) is 3. The van der Waals surface area contributed by atoms with Crippen LogP contribution in [-0.2, 0) is 10.2 Å². The summed E-state index contributed by atoms with van der Waals surface area (Å²) in [7, 11) is 3.89. The van der Waals surface area contributed by atoms with E-state index >= 15 is 0 Å². The third-order valence-corrected chi connectivity index (χ3v) is 4.96. The number of carbonyl (C=O) groups excluding carboxylic acids is 1. The van der Waals surface area contributed by atoms with Gasteiger partial charge in [0.2, 0.25) is 0 Å². The summed E-state index contributed by atoms with van der Waals surface area (Å²) in [6.45, 7) is 9.94. The molecule has 2 aliphatic rings. The second-order valence-corrected chi connectivity index (χ2v) is 8.24. The van der Waals surface area contributed by atoms with Crippen LogP contribution in [0.2, 0.25) is 0 Å². The molecule has 5 heteroatoms. The summed E-state index contributed by atoms with van der Waals surface area (Å²) >= 11 is 0. The molecule has 0 spiro atoms. The molecule has 0 radical (unpaired) electrons. The van der Waals surface area contributed by atoms with Crippen molar-refractivity contribution >= 4 is 11.6 Å². The van der Waals surface area contributed by atoms with Gasteiger partial charge in [-0.15, -0.1) is 0 Å². The van der Waals surface area contributed by atoms with Crippen LogP contribution in [0.25, 0.3) is 0 Å². The number of rotatable bonds is 5. The second kappa shape index (κ2) is 7.23. The number of carbonyl (C=O) groups is 1. The summed E-state index contributed by atoms with van der Waals surface area (Å²) < 4.78 is 6.00. The minimum atomic E-state index is -0.00185. The van der Waals surface area contributed by atoms with Crippen molar-refractivity contribution in [1.82, 2.24) is 9.80 Å². The van der Waals surface area contributed by atoms with Crippen molar-refractivity contribution in [1.29, 1.82) is 0 Å². The van der Waals surface area contributed by atoms with E-state index in [-0.39, 0.29) is 11.3 Å². The lowest BCUT2D eigenvalue weighted by Crippen LogP contribution is -2.37. The molecule has 0 saturated carbocycles. The summed E-state index contributed by atoms with van der Waals surface area (Å²) in [6, 6.07) is 8.11. The first-order valence-electron chi connectivity index (χ1n) is 9.19. The summed E-state index contributed by atoms with van der Waals surface area (Å²) in [4.78, 5) is 21.2. The molecule has 0 aromatic heterocycles. The zero-order valence-corrected chi connectivity index (χ0v) is 16.5. The molecule has 140 valence electrons. The predicted molar refractivity (Wildman–Crippen MR) is 105 cm³/mol. The molecule has 0 fully saturated rings. The number of benzene rings is 1. The maximum atomic E-state index is 12.8. The van der Waals surface area contributed by atoms with Crippen molar-refractivity contribution < 1.29 is 9.53 Å². The third-order valence-electron chi connectivity index (χ3n) is 4.96. The van der Waals surface area contributed by atoms with Crippen molar-refractivity contribution in [3.05, 3.63) is 41.0 Å². The van der Waals surface area contributed by atoms with Crippen LogP contribution < -0.4 is 4.74 Å². The molecule has 0 saturated heterocycles. The number of amides is 1. The van der Waals surface area contributed by atoms with Crippen LogP contribution in [-0.4, -0.2) is 68.3 Å². The zero-order valence-electron chi connectivity index (χ0n) is 16.5. The van der Waals surface area contributed by atoms with Gasteiger partial charge < -0.3 is 9.64 Å². The van der Waals surface area contributed by atoms with Crippen LogP contribution in [0.15, 0.2) is 40.4 Å². The van der Waals surface area contributed by atoms with Crippen LogP contribution in [0.5, 0.6) is 5.75 Å². The van der Waals surface area contributed by atoms with Crippen molar-refractivity contribution in [2.24, 2.45) is 4.99 Å². The minimum Gasteiger partial charge on any atom is -0.491 e. The van der Waals surface area contributed by atoms with Gasteiger partial charge in [-0.05, 0) is 35.2 Å². The summed E-state index contributed by atoms with van der Waals surface area (Å²) in [5.41, 5.74) is 4.26. The minimum absolute atomic E-state index is 0.00185. The van der Waals surface area contributed by atoms with Gasteiger partial charge in [0.25, 0.3) is 5.91 Å². The molecular formula is C21H29N3O2. The van der Waals surface area contributed by atoms with Crippen LogP contribution in [0.3, 0.4) is 0 Å². The fourth-order valence-electron chi connectivity index (χ4n) is 3.50. The Morgan fingerprint density at radius 3 is 2.73 bits per heavy atom. The van der Waals surface area contributed by atoms with Crippen molar-refractivity contribution in [2.45, 2.75) is 26.2 Å². The van der Waals surface area contributed by atoms with E-state index in [1.54, 1.807) is 4.90 Å². The molecule has 26 heavy (non-hydrogen) atoms. The predicted octanol–water partition coefficient (Wildman–Crippen LogP) is 2.52. The van der Waals surface area contributed by atoms with Gasteiger partial charge in [-0.1, -0.05) is 39.0 Å². The first-order chi connectivity index (χ1) is 12.3. The van der Waals surface area contributed by atoms with Gasteiger partial charge in [-0.25, -0.2) is 0 Å². The molecule has 0 N–H and O–H groups in total. The van der Waals surface area contributed by atoms with Gasteiger partial charge in [0.1, 0.15) is 18.1 Å². The Morgan fingerprint density at radius 1 is 1.27 bits per heavy atom. The van der Waals surface area contributed by atoms with E-state index in [1.807, 2.05) is 25.2 Å². The molecule has 0 aliphatic carbocycles. The lowest BCUT2D eigenvalue weighted by atomic mass is 9.86. The van der Waals surface area contributed by atoms with Gasteiger partial charge in [-0.3, -0.25) is 14.7 Å². The summed E-state index contributed by atoms with van der Waals surface area (Å²) in [5.74, 6) is 0.888. The fourth-order valence-corrected chi connectivity index (χ4v) is 3.50. The summed E-state index contributed by atoms with van der Waals surface area (Å²) in [5, 5.41) is 0. The highest BCUT2D eigenvalue weighted by molar-refractivity contribution is 6.46. The maximum Gasteiger partial charge on any atom is 0.272 e.